The van der Waals surface area contributed by atoms with E-state index in [0.717, 1.165) is 31.7 Å². The van der Waals surface area contributed by atoms with Crippen molar-refractivity contribution in [2.75, 3.05) is 18.0 Å². The maximum Gasteiger partial charge on any atom is 0.128 e. The molecule has 2 rings (SSSR count). The molecule has 0 spiro atoms. The van der Waals surface area contributed by atoms with Gasteiger partial charge >= 0.3 is 0 Å². The number of hydrogen-bond acceptors (Lipinski definition) is 3. The van der Waals surface area contributed by atoms with E-state index >= 15 is 0 Å². The molecule has 1 saturated heterocycles. The fraction of sp³-hybridized carbons (Fsp3) is 0.538. The number of nitrogens with one attached hydrogen (secondary N) is 1. The highest BCUT2D eigenvalue weighted by Gasteiger charge is 2.33. The summed E-state index contributed by atoms with van der Waals surface area (Å²) in [5, 5.41) is 7.63. The van der Waals surface area contributed by atoms with E-state index in [0.29, 0.717) is 5.84 Å². The molecule has 4 heteroatoms. The lowest BCUT2D eigenvalue weighted by Crippen LogP contribution is -2.45. The average Bonchev–Trinajstić information content (AvgIpc) is 2.31. The predicted molar refractivity (Wildman–Crippen MR) is 70.4 cm³/mol. The molecule has 0 atom stereocenters. The number of piperidine rings is 1. The molecule has 17 heavy (non-hydrogen) atoms. The lowest BCUT2D eigenvalue weighted by molar-refractivity contribution is 0.350. The van der Waals surface area contributed by atoms with Gasteiger partial charge in [0.05, 0.1) is 5.84 Å². The van der Waals surface area contributed by atoms with Gasteiger partial charge in [0.25, 0.3) is 0 Å². The van der Waals surface area contributed by atoms with Crippen molar-refractivity contribution in [3.8, 4) is 0 Å². The third-order valence-electron chi connectivity index (χ3n) is 3.74. The monoisotopic (exact) mass is 232 g/mol. The van der Waals surface area contributed by atoms with Gasteiger partial charge in [-0.15, -0.1) is 0 Å². The molecule has 0 bridgehead atoms. The quantitative estimate of drug-likeness (QED) is 0.605. The molecule has 1 aromatic rings. The predicted octanol–water partition coefficient (Wildman–Crippen LogP) is 1.93. The first-order valence-electron chi connectivity index (χ1n) is 6.03. The molecule has 3 N–H and O–H groups in total. The van der Waals surface area contributed by atoms with E-state index in [-0.39, 0.29) is 5.41 Å². The minimum absolute atomic E-state index is 0.124. The molecule has 1 aliphatic heterocycles. The number of nitrogens with two attached hydrogens (primary N) is 1. The Morgan fingerprint density at radius 3 is 2.53 bits per heavy atom. The van der Waals surface area contributed by atoms with Gasteiger partial charge in [-0.25, -0.2) is 4.98 Å². The summed E-state index contributed by atoms with van der Waals surface area (Å²) in [6.45, 7) is 5.97. The van der Waals surface area contributed by atoms with Crippen LogP contribution in [-0.4, -0.2) is 23.9 Å². The van der Waals surface area contributed by atoms with Crippen LogP contribution < -0.4 is 10.6 Å². The molecule has 4 nitrogen and oxygen atoms in total. The second-order valence-corrected chi connectivity index (χ2v) is 5.16. The number of rotatable bonds is 2. The second-order valence-electron chi connectivity index (χ2n) is 5.16. The summed E-state index contributed by atoms with van der Waals surface area (Å²) in [4.78, 5) is 6.70. The molecule has 0 saturated carbocycles. The van der Waals surface area contributed by atoms with Crippen LogP contribution in [0.1, 0.15) is 25.3 Å². The van der Waals surface area contributed by atoms with Crippen LogP contribution in [0.2, 0.25) is 0 Å². The molecular weight excluding hydrogens is 212 g/mol. The smallest absolute Gasteiger partial charge is 0.128 e. The first-order chi connectivity index (χ1) is 8.01. The summed E-state index contributed by atoms with van der Waals surface area (Å²) >= 11 is 0. The van der Waals surface area contributed by atoms with Crippen LogP contribution in [0.4, 0.5) is 5.82 Å². The summed E-state index contributed by atoms with van der Waals surface area (Å²) < 4.78 is 0. The maximum absolute atomic E-state index is 7.63. The van der Waals surface area contributed by atoms with Crippen molar-refractivity contribution in [2.45, 2.75) is 26.7 Å². The van der Waals surface area contributed by atoms with Crippen molar-refractivity contribution in [1.82, 2.24) is 4.98 Å². The van der Waals surface area contributed by atoms with Crippen LogP contribution in [0, 0.1) is 17.7 Å². The van der Waals surface area contributed by atoms with Crippen LogP contribution >= 0.6 is 0 Å². The lowest BCUT2D eigenvalue weighted by atomic mass is 9.79. The molecule has 1 aromatic heterocycles. The van der Waals surface area contributed by atoms with E-state index in [1.165, 1.54) is 5.56 Å². The number of aryl methyl sites for hydroxylation is 1. The summed E-state index contributed by atoms with van der Waals surface area (Å²) in [5.41, 5.74) is 6.71. The van der Waals surface area contributed by atoms with Crippen LogP contribution in [-0.2, 0) is 0 Å². The lowest BCUT2D eigenvalue weighted by Gasteiger charge is -2.39. The average molecular weight is 232 g/mol. The Hall–Kier alpha value is -1.58. The zero-order chi connectivity index (χ0) is 12.5. The summed E-state index contributed by atoms with van der Waals surface area (Å²) in [6.07, 6.45) is 3.75. The summed E-state index contributed by atoms with van der Waals surface area (Å²) in [5.74, 6) is 1.34. The highest BCUT2D eigenvalue weighted by Crippen LogP contribution is 2.32. The zero-order valence-corrected chi connectivity index (χ0v) is 10.5. The number of nitrogens with zero attached hydrogens (tertiary/aromatic N) is 2. The maximum atomic E-state index is 7.63. The first-order valence-corrected chi connectivity index (χ1v) is 6.03. The minimum Gasteiger partial charge on any atom is -0.387 e. The SMILES string of the molecule is Cc1ccc(N2CCC(C)(C(=N)N)CC2)nc1. The van der Waals surface area contributed by atoms with E-state index in [1.807, 2.05) is 13.1 Å². The number of pyridine rings is 1. The second kappa shape index (κ2) is 4.35. The molecule has 0 aliphatic carbocycles. The molecule has 0 amide bonds. The first kappa shape index (κ1) is 11.9. The fourth-order valence-corrected chi connectivity index (χ4v) is 2.15. The highest BCUT2D eigenvalue weighted by molar-refractivity contribution is 5.83. The zero-order valence-electron chi connectivity index (χ0n) is 10.5. The minimum atomic E-state index is -0.124. The Labute approximate surface area is 102 Å². The van der Waals surface area contributed by atoms with Crippen molar-refractivity contribution in [1.29, 1.82) is 5.41 Å². The molecule has 2 heterocycles. The molecule has 1 fully saturated rings. The van der Waals surface area contributed by atoms with Crippen LogP contribution in [0.3, 0.4) is 0 Å². The molecule has 92 valence electrons. The Morgan fingerprint density at radius 2 is 2.06 bits per heavy atom. The molecule has 0 unspecified atom stereocenters. The van der Waals surface area contributed by atoms with Crippen molar-refractivity contribution in [2.24, 2.45) is 11.1 Å². The van der Waals surface area contributed by atoms with Gasteiger partial charge in [0, 0.05) is 24.7 Å². The molecule has 0 aromatic carbocycles. The summed E-state index contributed by atoms with van der Waals surface area (Å²) in [7, 11) is 0. The van der Waals surface area contributed by atoms with Crippen molar-refractivity contribution in [3.05, 3.63) is 23.9 Å². The van der Waals surface area contributed by atoms with E-state index in [4.69, 9.17) is 11.1 Å². The number of hydrogen-bond donors (Lipinski definition) is 2. The van der Waals surface area contributed by atoms with Crippen LogP contribution in [0.15, 0.2) is 18.3 Å². The number of aromatic nitrogens is 1. The topological polar surface area (TPSA) is 66.0 Å². The molecule has 1 aliphatic rings. The molecule has 0 radical (unpaired) electrons. The van der Waals surface area contributed by atoms with Crippen LogP contribution in [0.25, 0.3) is 0 Å². The third-order valence-corrected chi connectivity index (χ3v) is 3.74. The van der Waals surface area contributed by atoms with Gasteiger partial charge in [-0.1, -0.05) is 13.0 Å². The third kappa shape index (κ3) is 2.40. The standard InChI is InChI=1S/C13H20N4/c1-10-3-4-11(16-9-10)17-7-5-13(2,6-8-17)12(14)15/h3-4,9H,5-8H2,1-2H3,(H3,14,15). The van der Waals surface area contributed by atoms with Crippen molar-refractivity contribution < 1.29 is 0 Å². The molecular formula is C13H20N4. The van der Waals surface area contributed by atoms with Gasteiger partial charge in [-0.05, 0) is 31.4 Å². The van der Waals surface area contributed by atoms with Gasteiger partial charge in [0.15, 0.2) is 0 Å². The fourth-order valence-electron chi connectivity index (χ4n) is 2.15. The van der Waals surface area contributed by atoms with Gasteiger partial charge in [-0.3, -0.25) is 5.41 Å². The Bertz CT molecular complexity index is 402. The van der Waals surface area contributed by atoms with Crippen LogP contribution in [0.5, 0.6) is 0 Å². The Balaban J connectivity index is 2.04. The van der Waals surface area contributed by atoms with Gasteiger partial charge in [-0.2, -0.15) is 0 Å². The van der Waals surface area contributed by atoms with E-state index in [9.17, 15) is 0 Å². The van der Waals surface area contributed by atoms with E-state index < -0.39 is 0 Å². The van der Waals surface area contributed by atoms with E-state index in [1.54, 1.807) is 0 Å². The highest BCUT2D eigenvalue weighted by atomic mass is 15.2. The largest absolute Gasteiger partial charge is 0.387 e. The normalized spacial score (nSPS) is 19.1. The van der Waals surface area contributed by atoms with Gasteiger partial charge in [0.2, 0.25) is 0 Å². The van der Waals surface area contributed by atoms with Crippen molar-refractivity contribution >= 4 is 11.7 Å². The Kier molecular flexibility index (Phi) is 3.05. The Morgan fingerprint density at radius 1 is 1.41 bits per heavy atom. The van der Waals surface area contributed by atoms with Crippen molar-refractivity contribution in [3.63, 3.8) is 0 Å². The van der Waals surface area contributed by atoms with Gasteiger partial charge < -0.3 is 10.6 Å². The summed E-state index contributed by atoms with van der Waals surface area (Å²) in [6, 6.07) is 4.15. The number of anilines is 1. The van der Waals surface area contributed by atoms with Gasteiger partial charge in [0.1, 0.15) is 5.82 Å². The number of amidine groups is 1. The van der Waals surface area contributed by atoms with E-state index in [2.05, 4.69) is 28.9 Å².